The number of benzene rings is 1. The Morgan fingerprint density at radius 3 is 2.47 bits per heavy atom. The molecule has 1 aromatic rings. The van der Waals surface area contributed by atoms with Gasteiger partial charge in [0.1, 0.15) is 0 Å². The van der Waals surface area contributed by atoms with Gasteiger partial charge in [-0.05, 0) is 73.5 Å². The molecule has 0 heterocycles. The number of halogens is 2. The Morgan fingerprint density at radius 1 is 1.26 bits per heavy atom. The van der Waals surface area contributed by atoms with E-state index in [-0.39, 0.29) is 11.9 Å². The molecule has 0 radical (unpaired) electrons. The van der Waals surface area contributed by atoms with Crippen molar-refractivity contribution in [2.24, 2.45) is 0 Å². The molecule has 1 fully saturated rings. The normalized spacial score (nSPS) is 23.1. The lowest BCUT2D eigenvalue weighted by molar-refractivity contribution is 0.0924. The molecule has 1 aliphatic rings. The molecule has 1 aliphatic carbocycles. The molecule has 0 bridgehead atoms. The van der Waals surface area contributed by atoms with Gasteiger partial charge in [0.05, 0.1) is 5.02 Å². The quantitative estimate of drug-likeness (QED) is 0.776. The van der Waals surface area contributed by atoms with Crippen molar-refractivity contribution in [1.82, 2.24) is 10.6 Å². The summed E-state index contributed by atoms with van der Waals surface area (Å²) in [6, 6.07) is 6.31. The van der Waals surface area contributed by atoms with Crippen LogP contribution in [0, 0.1) is 3.57 Å². The minimum Gasteiger partial charge on any atom is -0.349 e. The molecule has 1 aromatic carbocycles. The van der Waals surface area contributed by atoms with Crippen LogP contribution < -0.4 is 10.6 Å². The molecular formula is C14H18ClIN2O. The minimum atomic E-state index is -0.0220. The molecular weight excluding hydrogens is 375 g/mol. The van der Waals surface area contributed by atoms with E-state index in [0.717, 1.165) is 29.3 Å². The lowest BCUT2D eigenvalue weighted by Gasteiger charge is -2.28. The van der Waals surface area contributed by atoms with E-state index in [9.17, 15) is 4.79 Å². The van der Waals surface area contributed by atoms with Gasteiger partial charge >= 0.3 is 0 Å². The van der Waals surface area contributed by atoms with Crippen molar-refractivity contribution >= 4 is 40.1 Å². The molecule has 0 aromatic heterocycles. The van der Waals surface area contributed by atoms with Crippen LogP contribution in [0.2, 0.25) is 5.02 Å². The third-order valence-electron chi connectivity index (χ3n) is 3.65. The Hall–Kier alpha value is -0.330. The minimum absolute atomic E-state index is 0.0220. The zero-order valence-corrected chi connectivity index (χ0v) is 13.8. The monoisotopic (exact) mass is 392 g/mol. The fourth-order valence-corrected chi connectivity index (χ4v) is 2.95. The summed E-state index contributed by atoms with van der Waals surface area (Å²) in [6.07, 6.45) is 4.31. The smallest absolute Gasteiger partial charge is 0.251 e. The van der Waals surface area contributed by atoms with E-state index >= 15 is 0 Å². The maximum atomic E-state index is 12.1. The van der Waals surface area contributed by atoms with Crippen LogP contribution in [0.4, 0.5) is 0 Å². The highest BCUT2D eigenvalue weighted by atomic mass is 127. The first-order valence-corrected chi connectivity index (χ1v) is 7.99. The summed E-state index contributed by atoms with van der Waals surface area (Å²) in [4.78, 5) is 12.1. The average molecular weight is 393 g/mol. The van der Waals surface area contributed by atoms with Crippen LogP contribution in [0.5, 0.6) is 0 Å². The molecule has 2 rings (SSSR count). The van der Waals surface area contributed by atoms with Gasteiger partial charge < -0.3 is 10.6 Å². The predicted octanol–water partition coefficient (Wildman–Crippen LogP) is 3.21. The highest BCUT2D eigenvalue weighted by Gasteiger charge is 2.21. The third kappa shape index (κ3) is 4.07. The van der Waals surface area contributed by atoms with Crippen molar-refractivity contribution in [2.45, 2.75) is 37.8 Å². The molecule has 5 heteroatoms. The van der Waals surface area contributed by atoms with Crippen molar-refractivity contribution in [3.8, 4) is 0 Å². The van der Waals surface area contributed by atoms with Gasteiger partial charge in [-0.1, -0.05) is 11.6 Å². The lowest BCUT2D eigenvalue weighted by atomic mass is 9.91. The van der Waals surface area contributed by atoms with E-state index in [1.807, 2.05) is 19.2 Å². The zero-order valence-electron chi connectivity index (χ0n) is 10.9. The van der Waals surface area contributed by atoms with E-state index in [1.165, 1.54) is 0 Å². The first kappa shape index (κ1) is 15.1. The van der Waals surface area contributed by atoms with Crippen LogP contribution in [0.3, 0.4) is 0 Å². The Bertz CT molecular complexity index is 459. The summed E-state index contributed by atoms with van der Waals surface area (Å²) in [5, 5.41) is 7.02. The summed E-state index contributed by atoms with van der Waals surface area (Å²) in [6.45, 7) is 0. The number of hydrogen-bond donors (Lipinski definition) is 2. The summed E-state index contributed by atoms with van der Waals surface area (Å²) >= 11 is 8.20. The second-order valence-corrected chi connectivity index (χ2v) is 6.51. The Balaban J connectivity index is 1.92. The first-order chi connectivity index (χ1) is 9.10. The molecule has 1 saturated carbocycles. The van der Waals surface area contributed by atoms with Crippen LogP contribution in [0.1, 0.15) is 36.0 Å². The van der Waals surface area contributed by atoms with Crippen molar-refractivity contribution in [3.05, 3.63) is 32.4 Å². The fourth-order valence-electron chi connectivity index (χ4n) is 2.43. The fraction of sp³-hybridized carbons (Fsp3) is 0.500. The van der Waals surface area contributed by atoms with E-state index < -0.39 is 0 Å². The predicted molar refractivity (Wildman–Crippen MR) is 86.7 cm³/mol. The summed E-state index contributed by atoms with van der Waals surface area (Å²) < 4.78 is 0.963. The zero-order chi connectivity index (χ0) is 13.8. The number of hydrogen-bond acceptors (Lipinski definition) is 2. The molecule has 0 aliphatic heterocycles. The molecule has 104 valence electrons. The van der Waals surface area contributed by atoms with E-state index in [1.54, 1.807) is 6.07 Å². The standard InChI is InChI=1S/C14H18ClIN2O/c1-17-10-3-5-11(6-4-10)18-14(19)9-2-7-13(16)12(15)8-9/h2,7-8,10-11,17H,3-6H2,1H3,(H,18,19). The molecule has 0 saturated heterocycles. The molecule has 19 heavy (non-hydrogen) atoms. The molecule has 0 atom stereocenters. The van der Waals surface area contributed by atoms with Crippen molar-refractivity contribution in [1.29, 1.82) is 0 Å². The SMILES string of the molecule is CNC1CCC(NC(=O)c2ccc(I)c(Cl)c2)CC1. The number of carbonyl (C=O) groups excluding carboxylic acids is 1. The van der Waals surface area contributed by atoms with Gasteiger partial charge in [0.25, 0.3) is 5.91 Å². The number of carbonyl (C=O) groups is 1. The van der Waals surface area contributed by atoms with Crippen molar-refractivity contribution in [2.75, 3.05) is 7.05 Å². The van der Waals surface area contributed by atoms with Gasteiger partial charge in [-0.25, -0.2) is 0 Å². The maximum Gasteiger partial charge on any atom is 0.251 e. The van der Waals surface area contributed by atoms with Gasteiger partial charge in [0, 0.05) is 21.2 Å². The van der Waals surface area contributed by atoms with Crippen LogP contribution in [-0.4, -0.2) is 25.0 Å². The summed E-state index contributed by atoms with van der Waals surface area (Å²) in [7, 11) is 2.00. The van der Waals surface area contributed by atoms with Crippen LogP contribution in [0.15, 0.2) is 18.2 Å². The van der Waals surface area contributed by atoms with Gasteiger partial charge in [-0.2, -0.15) is 0 Å². The number of amides is 1. The van der Waals surface area contributed by atoms with Crippen LogP contribution in [-0.2, 0) is 0 Å². The van der Waals surface area contributed by atoms with Gasteiger partial charge in [0.15, 0.2) is 0 Å². The molecule has 1 amide bonds. The molecule has 0 spiro atoms. The lowest BCUT2D eigenvalue weighted by Crippen LogP contribution is -2.41. The largest absolute Gasteiger partial charge is 0.349 e. The maximum absolute atomic E-state index is 12.1. The van der Waals surface area contributed by atoms with Gasteiger partial charge in [-0.15, -0.1) is 0 Å². The van der Waals surface area contributed by atoms with Crippen molar-refractivity contribution in [3.63, 3.8) is 0 Å². The van der Waals surface area contributed by atoms with Crippen LogP contribution in [0.25, 0.3) is 0 Å². The van der Waals surface area contributed by atoms with E-state index in [4.69, 9.17) is 11.6 Å². The van der Waals surface area contributed by atoms with E-state index in [2.05, 4.69) is 33.2 Å². The van der Waals surface area contributed by atoms with Gasteiger partial charge in [0.2, 0.25) is 0 Å². The molecule has 2 N–H and O–H groups in total. The summed E-state index contributed by atoms with van der Waals surface area (Å²) in [5.41, 5.74) is 0.640. The molecule has 0 unspecified atom stereocenters. The average Bonchev–Trinajstić information content (AvgIpc) is 2.42. The van der Waals surface area contributed by atoms with Crippen LogP contribution >= 0.6 is 34.2 Å². The highest BCUT2D eigenvalue weighted by Crippen LogP contribution is 2.21. The second kappa shape index (κ2) is 6.90. The summed E-state index contributed by atoms with van der Waals surface area (Å²) in [5.74, 6) is -0.0220. The number of rotatable bonds is 3. The Kier molecular flexibility index (Phi) is 5.47. The van der Waals surface area contributed by atoms with Crippen molar-refractivity contribution < 1.29 is 4.79 Å². The Labute approximate surface area is 132 Å². The highest BCUT2D eigenvalue weighted by molar-refractivity contribution is 14.1. The Morgan fingerprint density at radius 2 is 1.89 bits per heavy atom. The third-order valence-corrected chi connectivity index (χ3v) is 5.22. The second-order valence-electron chi connectivity index (χ2n) is 4.94. The van der Waals surface area contributed by atoms with Gasteiger partial charge in [-0.3, -0.25) is 4.79 Å². The van der Waals surface area contributed by atoms with E-state index in [0.29, 0.717) is 16.6 Å². The molecule has 3 nitrogen and oxygen atoms in total. The number of nitrogens with one attached hydrogen (secondary N) is 2. The first-order valence-electron chi connectivity index (χ1n) is 6.53. The topological polar surface area (TPSA) is 41.1 Å².